The van der Waals surface area contributed by atoms with Crippen LogP contribution in [0, 0.1) is 0 Å². The SMILES string of the molecule is CC/C=C\C/C=C\C/C=C\C/C=C\C/C=C\C/C=C\CCCCCCCCCCCCCCCCCCCCCCCCC(=O)NC(COC1OC(CO)C(OC2OC(CO)C(O)C(O)C2O)C(O)C1O)C(O)/C=C/CC/C=C/CCCCCCCCCCCCCCCCCCCCCCCCC. The Bertz CT molecular complexity index is 2120. The number of nitrogens with one attached hydrogen (secondary N) is 1. The molecule has 2 aliphatic heterocycles. The second-order valence-electron chi connectivity index (χ2n) is 30.3. The van der Waals surface area contributed by atoms with Gasteiger partial charge in [0.1, 0.15) is 48.8 Å². The largest absolute Gasteiger partial charge is 0.394 e. The Morgan fingerprint density at radius 1 is 0.356 bits per heavy atom. The van der Waals surface area contributed by atoms with E-state index >= 15 is 0 Å². The summed E-state index contributed by atoms with van der Waals surface area (Å²) in [5, 5.41) is 87.8. The summed E-state index contributed by atoms with van der Waals surface area (Å²) < 4.78 is 22.9. The van der Waals surface area contributed by atoms with Crippen LogP contribution in [0.5, 0.6) is 0 Å². The van der Waals surface area contributed by atoms with Gasteiger partial charge in [-0.05, 0) is 83.5 Å². The van der Waals surface area contributed by atoms with Crippen LogP contribution in [-0.4, -0.2) is 140 Å². The molecular formula is C90H161NO13. The highest BCUT2D eigenvalue weighted by Gasteiger charge is 2.51. The summed E-state index contributed by atoms with van der Waals surface area (Å²) in [6.07, 6.45) is 88.0. The maximum atomic E-state index is 13.4. The Kier molecular flexibility index (Phi) is 67.8. The molecule has 0 aliphatic carbocycles. The summed E-state index contributed by atoms with van der Waals surface area (Å²) in [5.74, 6) is -0.244. The van der Waals surface area contributed by atoms with Gasteiger partial charge in [-0.15, -0.1) is 0 Å². The third-order valence-corrected chi connectivity index (χ3v) is 20.8. The van der Waals surface area contributed by atoms with Crippen LogP contribution in [0.25, 0.3) is 0 Å². The van der Waals surface area contributed by atoms with Crippen molar-refractivity contribution in [1.82, 2.24) is 5.32 Å². The summed E-state index contributed by atoms with van der Waals surface area (Å²) in [7, 11) is 0. The number of amides is 1. The number of rotatable bonds is 73. The highest BCUT2D eigenvalue weighted by molar-refractivity contribution is 5.76. The lowest BCUT2D eigenvalue weighted by molar-refractivity contribution is -0.359. The van der Waals surface area contributed by atoms with Gasteiger partial charge < -0.3 is 65.1 Å². The first-order valence-corrected chi connectivity index (χ1v) is 43.5. The van der Waals surface area contributed by atoms with E-state index in [1.54, 1.807) is 6.08 Å². The summed E-state index contributed by atoms with van der Waals surface area (Å²) in [6, 6.07) is -0.936. The molecule has 2 aliphatic rings. The molecule has 12 unspecified atom stereocenters. The molecule has 9 N–H and O–H groups in total. The zero-order valence-corrected chi connectivity index (χ0v) is 66.5. The number of aliphatic hydroxyl groups excluding tert-OH is 8. The minimum atomic E-state index is -1.79. The Hall–Kier alpha value is -3.09. The summed E-state index contributed by atoms with van der Waals surface area (Å²) in [5.41, 5.74) is 0. The molecule has 0 bridgehead atoms. The number of aliphatic hydroxyl groups is 8. The predicted octanol–water partition coefficient (Wildman–Crippen LogP) is 20.8. The van der Waals surface area contributed by atoms with Gasteiger partial charge in [-0.2, -0.15) is 0 Å². The van der Waals surface area contributed by atoms with Crippen molar-refractivity contribution in [3.05, 3.63) is 97.2 Å². The van der Waals surface area contributed by atoms with E-state index in [9.17, 15) is 45.6 Å². The average molecular weight is 1470 g/mol. The van der Waals surface area contributed by atoms with Crippen molar-refractivity contribution in [2.24, 2.45) is 0 Å². The first kappa shape index (κ1) is 97.0. The monoisotopic (exact) mass is 1460 g/mol. The molecular weight excluding hydrogens is 1300 g/mol. The van der Waals surface area contributed by atoms with Gasteiger partial charge in [-0.3, -0.25) is 4.79 Å². The molecule has 0 aromatic carbocycles. The van der Waals surface area contributed by atoms with Gasteiger partial charge in [0.05, 0.1) is 32.0 Å². The molecule has 2 fully saturated rings. The van der Waals surface area contributed by atoms with Crippen LogP contribution in [0.2, 0.25) is 0 Å². The normalized spacial score (nSPS) is 21.9. The number of carbonyl (C=O) groups is 1. The molecule has 12 atom stereocenters. The lowest BCUT2D eigenvalue weighted by Gasteiger charge is -2.46. The molecule has 0 saturated carbocycles. The smallest absolute Gasteiger partial charge is 0.220 e. The van der Waals surface area contributed by atoms with Crippen LogP contribution in [0.3, 0.4) is 0 Å². The Morgan fingerprint density at radius 3 is 1.06 bits per heavy atom. The molecule has 0 aromatic rings. The standard InChI is InChI=1S/C90H161NO13/c1-3-5-7-9-11-13-15-17-19-21-23-25-27-29-31-33-34-35-36-37-38-39-40-41-42-43-44-46-48-50-52-54-56-58-60-62-64-66-68-70-72-74-82(95)91-78(77-101-89-87(100)85(98)88(81(76-93)103-89)104-90-86(99)84(97)83(96)80(75-92)102-90)79(94)73-71-69-67-65-63-61-59-57-55-53-51-49-47-45-32-30-28-26-24-22-20-18-16-14-12-10-8-6-4-2/h5,7,11,13,17,19,23,25,29,31,34-35,63,65,71,73,78-81,83-90,92-94,96-100H,3-4,6,8-10,12,14-16,18,20-22,24,26-28,30,32-33,36-62,64,66-70,72,74-77H2,1-2H3,(H,91,95)/b7-5-,13-11-,19-17-,25-23-,31-29-,35-34-,65-63+,73-71+. The van der Waals surface area contributed by atoms with Gasteiger partial charge in [0.25, 0.3) is 0 Å². The quantitative estimate of drug-likeness (QED) is 0.0204. The number of allylic oxidation sites excluding steroid dienone is 15. The maximum Gasteiger partial charge on any atom is 0.220 e. The Labute approximate surface area is 636 Å². The second-order valence-corrected chi connectivity index (χ2v) is 30.3. The van der Waals surface area contributed by atoms with E-state index < -0.39 is 86.8 Å². The van der Waals surface area contributed by atoms with Crippen molar-refractivity contribution < 1.29 is 64.6 Å². The van der Waals surface area contributed by atoms with Crippen LogP contribution in [0.4, 0.5) is 0 Å². The fourth-order valence-electron chi connectivity index (χ4n) is 14.0. The first-order chi connectivity index (χ1) is 51.1. The highest BCUT2D eigenvalue weighted by atomic mass is 16.7. The molecule has 2 heterocycles. The highest BCUT2D eigenvalue weighted by Crippen LogP contribution is 2.30. The number of unbranched alkanes of at least 4 members (excludes halogenated alkanes) is 46. The van der Waals surface area contributed by atoms with Crippen LogP contribution >= 0.6 is 0 Å². The molecule has 2 rings (SSSR count). The van der Waals surface area contributed by atoms with Gasteiger partial charge in [0, 0.05) is 6.42 Å². The third kappa shape index (κ3) is 54.5. The van der Waals surface area contributed by atoms with Crippen LogP contribution < -0.4 is 5.32 Å². The fraction of sp³-hybridized carbons (Fsp3) is 0.811. The number of ether oxygens (including phenoxy) is 4. The lowest BCUT2D eigenvalue weighted by Crippen LogP contribution is -2.65. The molecule has 0 aromatic heterocycles. The minimum Gasteiger partial charge on any atom is -0.394 e. The number of hydrogen-bond donors (Lipinski definition) is 9. The van der Waals surface area contributed by atoms with Crippen molar-refractivity contribution >= 4 is 5.91 Å². The van der Waals surface area contributed by atoms with Gasteiger partial charge in [0.2, 0.25) is 5.91 Å². The van der Waals surface area contributed by atoms with E-state index in [-0.39, 0.29) is 18.9 Å². The predicted molar refractivity (Wildman–Crippen MR) is 433 cm³/mol. The van der Waals surface area contributed by atoms with E-state index in [2.05, 4.69) is 104 Å². The van der Waals surface area contributed by atoms with Crippen LogP contribution in [0.15, 0.2) is 97.2 Å². The molecule has 0 spiro atoms. The van der Waals surface area contributed by atoms with E-state index in [1.807, 2.05) is 6.08 Å². The van der Waals surface area contributed by atoms with Gasteiger partial charge in [0.15, 0.2) is 12.6 Å². The third-order valence-electron chi connectivity index (χ3n) is 20.8. The lowest BCUT2D eigenvalue weighted by atomic mass is 9.97. The van der Waals surface area contributed by atoms with Gasteiger partial charge in [-0.1, -0.05) is 381 Å². The minimum absolute atomic E-state index is 0.244. The number of hydrogen-bond acceptors (Lipinski definition) is 13. The first-order valence-electron chi connectivity index (χ1n) is 43.5. The summed E-state index contributed by atoms with van der Waals surface area (Å²) in [6.45, 7) is 2.72. The molecule has 0 radical (unpaired) electrons. The average Bonchev–Trinajstić information content (AvgIpc) is 0.789. The molecule has 604 valence electrons. The fourth-order valence-corrected chi connectivity index (χ4v) is 14.0. The zero-order chi connectivity index (χ0) is 75.1. The van der Waals surface area contributed by atoms with Gasteiger partial charge >= 0.3 is 0 Å². The van der Waals surface area contributed by atoms with Crippen LogP contribution in [-0.2, 0) is 23.7 Å². The van der Waals surface area contributed by atoms with Crippen molar-refractivity contribution in [3.8, 4) is 0 Å². The van der Waals surface area contributed by atoms with Crippen molar-refractivity contribution in [2.45, 2.75) is 447 Å². The van der Waals surface area contributed by atoms with E-state index in [0.29, 0.717) is 12.8 Å². The summed E-state index contributed by atoms with van der Waals surface area (Å²) >= 11 is 0. The van der Waals surface area contributed by atoms with Crippen molar-refractivity contribution in [1.29, 1.82) is 0 Å². The zero-order valence-electron chi connectivity index (χ0n) is 66.5. The molecule has 2 saturated heterocycles. The second kappa shape index (κ2) is 72.8. The number of carbonyl (C=O) groups excluding carboxylic acids is 1. The van der Waals surface area contributed by atoms with Crippen LogP contribution in [0.1, 0.15) is 373 Å². The van der Waals surface area contributed by atoms with E-state index in [1.165, 1.54) is 270 Å². The maximum absolute atomic E-state index is 13.4. The topological polar surface area (TPSA) is 228 Å². The molecule has 14 nitrogen and oxygen atoms in total. The summed E-state index contributed by atoms with van der Waals surface area (Å²) in [4.78, 5) is 13.4. The Balaban J connectivity index is 1.58. The van der Waals surface area contributed by atoms with Crippen molar-refractivity contribution in [3.63, 3.8) is 0 Å². The molecule has 1 amide bonds. The molecule has 14 heteroatoms. The van der Waals surface area contributed by atoms with E-state index in [4.69, 9.17) is 18.9 Å². The van der Waals surface area contributed by atoms with Crippen molar-refractivity contribution in [2.75, 3.05) is 19.8 Å². The van der Waals surface area contributed by atoms with E-state index in [0.717, 1.165) is 70.6 Å². The molecule has 104 heavy (non-hydrogen) atoms. The Morgan fingerprint density at radius 2 is 0.673 bits per heavy atom. The van der Waals surface area contributed by atoms with Gasteiger partial charge in [-0.25, -0.2) is 0 Å².